The number of hydrogen-bond acceptors (Lipinski definition) is 3. The predicted octanol–water partition coefficient (Wildman–Crippen LogP) is 4.18. The zero-order valence-corrected chi connectivity index (χ0v) is 19.0. The van der Waals surface area contributed by atoms with Crippen LogP contribution in [-0.2, 0) is 16.1 Å². The van der Waals surface area contributed by atoms with Crippen LogP contribution < -0.4 is 10.1 Å². The largest absolute Gasteiger partial charge is 0.483 e. The fourth-order valence-electron chi connectivity index (χ4n) is 3.13. The molecule has 5 heteroatoms. The summed E-state index contributed by atoms with van der Waals surface area (Å²) in [6.45, 7) is 12.6. The summed E-state index contributed by atoms with van der Waals surface area (Å²) in [5.74, 6) is 0.659. The van der Waals surface area contributed by atoms with Crippen LogP contribution in [-0.4, -0.2) is 35.9 Å². The Bertz CT molecular complexity index is 876. The fourth-order valence-corrected chi connectivity index (χ4v) is 3.13. The number of amides is 2. The molecule has 0 aromatic heterocycles. The molecule has 0 aliphatic carbocycles. The molecular formula is C25H34N2O3. The van der Waals surface area contributed by atoms with Crippen molar-refractivity contribution in [2.24, 2.45) is 5.92 Å². The van der Waals surface area contributed by atoms with E-state index in [1.807, 2.05) is 77.1 Å². The molecule has 0 heterocycles. The molecule has 5 nitrogen and oxygen atoms in total. The van der Waals surface area contributed by atoms with Gasteiger partial charge in [0.15, 0.2) is 6.61 Å². The Morgan fingerprint density at radius 3 is 2.37 bits per heavy atom. The number of rotatable bonds is 9. The van der Waals surface area contributed by atoms with Crippen LogP contribution in [0.1, 0.15) is 43.0 Å². The molecule has 0 aliphatic heterocycles. The summed E-state index contributed by atoms with van der Waals surface area (Å²) in [5, 5.41) is 2.93. The van der Waals surface area contributed by atoms with Crippen molar-refractivity contribution in [3.05, 3.63) is 64.7 Å². The number of carbonyl (C=O) groups is 2. The monoisotopic (exact) mass is 410 g/mol. The first-order valence-corrected chi connectivity index (χ1v) is 10.5. The highest BCUT2D eigenvalue weighted by molar-refractivity contribution is 5.88. The Kier molecular flexibility index (Phi) is 8.46. The lowest BCUT2D eigenvalue weighted by atomic mass is 10.1. The highest BCUT2D eigenvalue weighted by atomic mass is 16.5. The van der Waals surface area contributed by atoms with Crippen LogP contribution in [0.15, 0.2) is 42.5 Å². The number of nitrogens with zero attached hydrogens (tertiary/aromatic N) is 1. The Morgan fingerprint density at radius 1 is 1.00 bits per heavy atom. The van der Waals surface area contributed by atoms with Gasteiger partial charge in [-0.25, -0.2) is 0 Å². The van der Waals surface area contributed by atoms with Gasteiger partial charge in [0.05, 0.1) is 0 Å². The van der Waals surface area contributed by atoms with Crippen molar-refractivity contribution in [1.29, 1.82) is 0 Å². The maximum atomic E-state index is 13.1. The van der Waals surface area contributed by atoms with Gasteiger partial charge in [-0.3, -0.25) is 9.59 Å². The summed E-state index contributed by atoms with van der Waals surface area (Å²) >= 11 is 0. The maximum absolute atomic E-state index is 13.1. The molecule has 0 spiro atoms. The molecule has 1 N–H and O–H groups in total. The van der Waals surface area contributed by atoms with E-state index in [1.54, 1.807) is 11.8 Å². The molecule has 0 unspecified atom stereocenters. The van der Waals surface area contributed by atoms with E-state index in [-0.39, 0.29) is 18.4 Å². The number of ether oxygens (including phenoxy) is 1. The number of nitrogens with one attached hydrogen (secondary N) is 1. The van der Waals surface area contributed by atoms with Gasteiger partial charge in [-0.2, -0.15) is 0 Å². The van der Waals surface area contributed by atoms with Crippen molar-refractivity contribution in [2.45, 2.75) is 54.1 Å². The van der Waals surface area contributed by atoms with Crippen molar-refractivity contribution in [3.63, 3.8) is 0 Å². The van der Waals surface area contributed by atoms with E-state index in [4.69, 9.17) is 4.74 Å². The van der Waals surface area contributed by atoms with E-state index < -0.39 is 6.04 Å². The van der Waals surface area contributed by atoms with Crippen LogP contribution in [0.4, 0.5) is 0 Å². The second-order valence-corrected chi connectivity index (χ2v) is 8.38. The molecule has 0 aliphatic rings. The predicted molar refractivity (Wildman–Crippen MR) is 120 cm³/mol. The summed E-state index contributed by atoms with van der Waals surface area (Å²) in [4.78, 5) is 27.4. The lowest BCUT2D eigenvalue weighted by Gasteiger charge is -2.29. The lowest BCUT2D eigenvalue weighted by Crippen LogP contribution is -2.49. The highest BCUT2D eigenvalue weighted by Crippen LogP contribution is 2.19. The number of hydrogen-bond donors (Lipinski definition) is 1. The first-order chi connectivity index (χ1) is 14.2. The molecule has 2 aromatic carbocycles. The molecule has 0 fully saturated rings. The molecule has 1 atom stereocenters. The summed E-state index contributed by atoms with van der Waals surface area (Å²) < 4.78 is 5.83. The Morgan fingerprint density at radius 2 is 1.70 bits per heavy atom. The molecule has 0 radical (unpaired) electrons. The van der Waals surface area contributed by atoms with Gasteiger partial charge in [-0.1, -0.05) is 55.8 Å². The highest BCUT2D eigenvalue weighted by Gasteiger charge is 2.26. The fraction of sp³-hybridized carbons (Fsp3) is 0.440. The standard InChI is InChI=1S/C25H34N2O3/c1-17(2)14-26-25(29)21(6)27(15-22-9-7-8-18(3)12-22)24(28)16-30-23-13-19(4)10-11-20(23)5/h7-13,17,21H,14-16H2,1-6H3,(H,26,29)/t21-/m1/s1. The second kappa shape index (κ2) is 10.8. The quantitative estimate of drug-likeness (QED) is 0.675. The molecule has 0 bridgehead atoms. The van der Waals surface area contributed by atoms with E-state index >= 15 is 0 Å². The minimum atomic E-state index is -0.598. The SMILES string of the molecule is Cc1cccc(CN(C(=O)COc2cc(C)ccc2C)[C@H](C)C(=O)NCC(C)C)c1. The smallest absolute Gasteiger partial charge is 0.261 e. The summed E-state index contributed by atoms with van der Waals surface area (Å²) in [6, 6.07) is 13.3. The van der Waals surface area contributed by atoms with Gasteiger partial charge in [0.2, 0.25) is 5.91 Å². The van der Waals surface area contributed by atoms with Gasteiger partial charge in [-0.05, 0) is 56.4 Å². The van der Waals surface area contributed by atoms with Gasteiger partial charge < -0.3 is 15.0 Å². The number of aryl methyl sites for hydroxylation is 3. The minimum absolute atomic E-state index is 0.113. The average molecular weight is 411 g/mol. The molecule has 2 rings (SSSR count). The average Bonchev–Trinajstić information content (AvgIpc) is 2.70. The van der Waals surface area contributed by atoms with Crippen molar-refractivity contribution in [2.75, 3.05) is 13.2 Å². The summed E-state index contributed by atoms with van der Waals surface area (Å²) in [6.07, 6.45) is 0. The molecule has 30 heavy (non-hydrogen) atoms. The Hall–Kier alpha value is -2.82. The lowest BCUT2D eigenvalue weighted by molar-refractivity contribution is -0.142. The van der Waals surface area contributed by atoms with Crippen molar-refractivity contribution >= 4 is 11.8 Å². The van der Waals surface area contributed by atoms with Crippen molar-refractivity contribution < 1.29 is 14.3 Å². The first kappa shape index (κ1) is 23.5. The van der Waals surface area contributed by atoms with E-state index in [9.17, 15) is 9.59 Å². The zero-order chi connectivity index (χ0) is 22.3. The van der Waals surface area contributed by atoms with Gasteiger partial charge in [0.25, 0.3) is 5.91 Å². The Balaban J connectivity index is 2.17. The van der Waals surface area contributed by atoms with E-state index in [2.05, 4.69) is 5.32 Å². The van der Waals surface area contributed by atoms with Gasteiger partial charge in [-0.15, -0.1) is 0 Å². The molecule has 0 saturated carbocycles. The third-order valence-electron chi connectivity index (χ3n) is 4.98. The second-order valence-electron chi connectivity index (χ2n) is 8.38. The number of carbonyl (C=O) groups excluding carboxylic acids is 2. The summed E-state index contributed by atoms with van der Waals surface area (Å²) in [5.41, 5.74) is 4.14. The van der Waals surface area contributed by atoms with Crippen LogP contribution in [0, 0.1) is 26.7 Å². The van der Waals surface area contributed by atoms with Gasteiger partial charge >= 0.3 is 0 Å². The van der Waals surface area contributed by atoms with Crippen LogP contribution in [0.5, 0.6) is 5.75 Å². The Labute approximate surface area is 180 Å². The topological polar surface area (TPSA) is 58.6 Å². The van der Waals surface area contributed by atoms with Crippen molar-refractivity contribution in [1.82, 2.24) is 10.2 Å². The van der Waals surface area contributed by atoms with E-state index in [0.717, 1.165) is 22.3 Å². The van der Waals surface area contributed by atoms with Gasteiger partial charge in [0, 0.05) is 13.1 Å². The van der Waals surface area contributed by atoms with Crippen molar-refractivity contribution in [3.8, 4) is 5.75 Å². The maximum Gasteiger partial charge on any atom is 0.261 e. The summed E-state index contributed by atoms with van der Waals surface area (Å²) in [7, 11) is 0. The normalized spacial score (nSPS) is 11.8. The first-order valence-electron chi connectivity index (χ1n) is 10.5. The third-order valence-corrected chi connectivity index (χ3v) is 4.98. The zero-order valence-electron chi connectivity index (χ0n) is 19.0. The third kappa shape index (κ3) is 6.90. The van der Waals surface area contributed by atoms with Gasteiger partial charge in [0.1, 0.15) is 11.8 Å². The van der Waals surface area contributed by atoms with Crippen LogP contribution >= 0.6 is 0 Å². The van der Waals surface area contributed by atoms with Crippen LogP contribution in [0.2, 0.25) is 0 Å². The molecule has 0 saturated heterocycles. The van der Waals surface area contributed by atoms with E-state index in [0.29, 0.717) is 24.8 Å². The van der Waals surface area contributed by atoms with E-state index in [1.165, 1.54) is 0 Å². The minimum Gasteiger partial charge on any atom is -0.483 e. The molecule has 2 aromatic rings. The number of benzene rings is 2. The molecule has 162 valence electrons. The van der Waals surface area contributed by atoms with Crippen LogP contribution in [0.3, 0.4) is 0 Å². The molecule has 2 amide bonds. The van der Waals surface area contributed by atoms with Crippen LogP contribution in [0.25, 0.3) is 0 Å². The molecular weight excluding hydrogens is 376 g/mol.